The number of hydrogen-bond acceptors (Lipinski definition) is 6. The maximum absolute atomic E-state index is 11.9. The molecule has 2 N–H and O–H groups in total. The zero-order valence-corrected chi connectivity index (χ0v) is 12.8. The molecule has 0 unspecified atom stereocenters. The van der Waals surface area contributed by atoms with Gasteiger partial charge in [-0.3, -0.25) is 4.79 Å². The first-order chi connectivity index (χ1) is 9.81. The molecular formula is C15H21NO5. The summed E-state index contributed by atoms with van der Waals surface area (Å²) in [5, 5.41) is 0. The van der Waals surface area contributed by atoms with Gasteiger partial charge in [0, 0.05) is 5.69 Å². The Kier molecular flexibility index (Phi) is 5.58. The number of carbonyl (C=O) groups excluding carboxylic acids is 2. The van der Waals surface area contributed by atoms with Crippen LogP contribution in [0.25, 0.3) is 0 Å². The molecule has 21 heavy (non-hydrogen) atoms. The highest BCUT2D eigenvalue weighted by Crippen LogP contribution is 2.25. The molecule has 1 rings (SSSR count). The normalized spacial score (nSPS) is 10.9. The van der Waals surface area contributed by atoms with Crippen molar-refractivity contribution >= 4 is 17.6 Å². The van der Waals surface area contributed by atoms with Crippen LogP contribution in [0.2, 0.25) is 0 Å². The van der Waals surface area contributed by atoms with Crippen molar-refractivity contribution in [3.8, 4) is 5.75 Å². The van der Waals surface area contributed by atoms with Crippen LogP contribution < -0.4 is 10.5 Å². The quantitative estimate of drug-likeness (QED) is 0.638. The van der Waals surface area contributed by atoms with Crippen LogP contribution in [0.5, 0.6) is 5.75 Å². The Balaban J connectivity index is 2.93. The second-order valence-electron chi connectivity index (χ2n) is 5.14. The number of hydrogen-bond donors (Lipinski definition) is 1. The number of methoxy groups -OCH3 is 1. The van der Waals surface area contributed by atoms with E-state index in [0.29, 0.717) is 11.4 Å². The first-order valence-corrected chi connectivity index (χ1v) is 6.59. The van der Waals surface area contributed by atoms with E-state index in [9.17, 15) is 9.59 Å². The third kappa shape index (κ3) is 4.37. The van der Waals surface area contributed by atoms with Crippen LogP contribution in [0.3, 0.4) is 0 Å². The Morgan fingerprint density at radius 2 is 1.95 bits per heavy atom. The van der Waals surface area contributed by atoms with Gasteiger partial charge in [-0.15, -0.1) is 0 Å². The molecule has 0 aliphatic carbocycles. The summed E-state index contributed by atoms with van der Waals surface area (Å²) in [7, 11) is 1.32. The van der Waals surface area contributed by atoms with Crippen LogP contribution in [-0.4, -0.2) is 32.3 Å². The number of carbonyl (C=O) groups is 2. The number of anilines is 1. The molecule has 0 amide bonds. The number of nitrogen functional groups attached to an aromatic ring is 1. The number of esters is 2. The van der Waals surface area contributed by atoms with E-state index in [0.717, 1.165) is 0 Å². The minimum Gasteiger partial charge on any atom is -0.492 e. The predicted octanol–water partition coefficient (Wildman–Crippen LogP) is 2.02. The highest BCUT2D eigenvalue weighted by atomic mass is 16.5. The third-order valence-corrected chi connectivity index (χ3v) is 2.83. The van der Waals surface area contributed by atoms with Crippen molar-refractivity contribution in [3.05, 3.63) is 23.8 Å². The zero-order valence-electron chi connectivity index (χ0n) is 12.8. The van der Waals surface area contributed by atoms with E-state index < -0.39 is 17.4 Å². The van der Waals surface area contributed by atoms with Crippen molar-refractivity contribution in [1.82, 2.24) is 0 Å². The van der Waals surface area contributed by atoms with E-state index in [1.165, 1.54) is 13.2 Å². The van der Waals surface area contributed by atoms with Crippen LogP contribution in [0.1, 0.15) is 31.1 Å². The molecule has 0 fully saturated rings. The lowest BCUT2D eigenvalue weighted by Gasteiger charge is -2.22. The number of benzene rings is 1. The summed E-state index contributed by atoms with van der Waals surface area (Å²) in [6.45, 7) is 5.42. The first-order valence-electron chi connectivity index (χ1n) is 6.59. The average Bonchev–Trinajstić information content (AvgIpc) is 2.45. The molecule has 0 aliphatic heterocycles. The lowest BCUT2D eigenvalue weighted by molar-refractivity contribution is -0.152. The summed E-state index contributed by atoms with van der Waals surface area (Å²) in [5.74, 6) is -0.592. The van der Waals surface area contributed by atoms with Gasteiger partial charge in [0.2, 0.25) is 0 Å². The molecule has 0 heterocycles. The van der Waals surface area contributed by atoms with Gasteiger partial charge in [-0.2, -0.15) is 0 Å². The molecule has 1 aromatic rings. The maximum Gasteiger partial charge on any atom is 0.341 e. The second-order valence-corrected chi connectivity index (χ2v) is 5.14. The van der Waals surface area contributed by atoms with Gasteiger partial charge >= 0.3 is 11.9 Å². The van der Waals surface area contributed by atoms with Crippen LogP contribution >= 0.6 is 0 Å². The Bertz CT molecular complexity index is 525. The molecule has 6 heteroatoms. The van der Waals surface area contributed by atoms with Gasteiger partial charge < -0.3 is 19.9 Å². The van der Waals surface area contributed by atoms with Crippen LogP contribution in [-0.2, 0) is 14.3 Å². The van der Waals surface area contributed by atoms with Crippen molar-refractivity contribution in [2.24, 2.45) is 5.41 Å². The highest BCUT2D eigenvalue weighted by molar-refractivity contribution is 5.93. The summed E-state index contributed by atoms with van der Waals surface area (Å²) in [6.07, 6.45) is 0. The Morgan fingerprint density at radius 3 is 2.52 bits per heavy atom. The Labute approximate surface area is 124 Å². The number of ether oxygens (including phenoxy) is 3. The lowest BCUT2D eigenvalue weighted by Crippen LogP contribution is -2.32. The van der Waals surface area contributed by atoms with Gasteiger partial charge in [0.05, 0.1) is 19.1 Å². The Morgan fingerprint density at radius 1 is 1.29 bits per heavy atom. The molecule has 0 bridgehead atoms. The fourth-order valence-corrected chi connectivity index (χ4v) is 1.64. The predicted molar refractivity (Wildman–Crippen MR) is 78.1 cm³/mol. The first kappa shape index (κ1) is 16.8. The van der Waals surface area contributed by atoms with Gasteiger partial charge in [0.25, 0.3) is 0 Å². The number of rotatable bonds is 6. The topological polar surface area (TPSA) is 87.9 Å². The molecule has 0 atom stereocenters. The van der Waals surface area contributed by atoms with E-state index in [2.05, 4.69) is 0 Å². The van der Waals surface area contributed by atoms with E-state index in [1.807, 2.05) is 0 Å². The van der Waals surface area contributed by atoms with Crippen molar-refractivity contribution in [2.75, 3.05) is 26.1 Å². The zero-order chi connectivity index (χ0) is 16.0. The Hall–Kier alpha value is -2.24. The van der Waals surface area contributed by atoms with Crippen molar-refractivity contribution in [2.45, 2.75) is 20.8 Å². The van der Waals surface area contributed by atoms with Crippen LogP contribution in [0, 0.1) is 5.41 Å². The molecular weight excluding hydrogens is 274 g/mol. The van der Waals surface area contributed by atoms with E-state index in [1.54, 1.807) is 32.9 Å². The summed E-state index contributed by atoms with van der Waals surface area (Å²) in [4.78, 5) is 23.5. The molecule has 0 aromatic heterocycles. The molecule has 0 saturated heterocycles. The summed E-state index contributed by atoms with van der Waals surface area (Å²) >= 11 is 0. The smallest absolute Gasteiger partial charge is 0.341 e. The average molecular weight is 295 g/mol. The molecule has 0 aliphatic rings. The van der Waals surface area contributed by atoms with Gasteiger partial charge in [-0.25, -0.2) is 4.79 Å². The second kappa shape index (κ2) is 6.97. The summed E-state index contributed by atoms with van der Waals surface area (Å²) < 4.78 is 15.3. The van der Waals surface area contributed by atoms with Crippen LogP contribution in [0.4, 0.5) is 5.69 Å². The monoisotopic (exact) mass is 295 g/mol. The minimum atomic E-state index is -0.831. The summed E-state index contributed by atoms with van der Waals surface area (Å²) in [6, 6.07) is 4.68. The largest absolute Gasteiger partial charge is 0.492 e. The molecule has 0 spiro atoms. The van der Waals surface area contributed by atoms with Gasteiger partial charge in [0.1, 0.15) is 17.9 Å². The van der Waals surface area contributed by atoms with E-state index in [-0.39, 0.29) is 18.8 Å². The third-order valence-electron chi connectivity index (χ3n) is 2.83. The van der Waals surface area contributed by atoms with Gasteiger partial charge in [-0.05, 0) is 39.0 Å². The molecule has 1 aromatic carbocycles. The minimum absolute atomic E-state index is 0.0655. The molecule has 0 radical (unpaired) electrons. The van der Waals surface area contributed by atoms with Gasteiger partial charge in [0.15, 0.2) is 0 Å². The molecule has 116 valence electrons. The van der Waals surface area contributed by atoms with Gasteiger partial charge in [-0.1, -0.05) is 0 Å². The fraction of sp³-hybridized carbons (Fsp3) is 0.467. The SMILES string of the molecule is CCOC(=O)c1cc(N)ccc1OCC(C)(C)C(=O)OC. The lowest BCUT2D eigenvalue weighted by atomic mass is 9.95. The van der Waals surface area contributed by atoms with Crippen molar-refractivity contribution in [3.63, 3.8) is 0 Å². The van der Waals surface area contributed by atoms with Crippen molar-refractivity contribution in [1.29, 1.82) is 0 Å². The van der Waals surface area contributed by atoms with Crippen LogP contribution in [0.15, 0.2) is 18.2 Å². The molecule has 6 nitrogen and oxygen atoms in total. The number of nitrogens with two attached hydrogens (primary N) is 1. The van der Waals surface area contributed by atoms with E-state index >= 15 is 0 Å². The maximum atomic E-state index is 11.9. The fourth-order valence-electron chi connectivity index (χ4n) is 1.64. The van der Waals surface area contributed by atoms with E-state index in [4.69, 9.17) is 19.9 Å². The van der Waals surface area contributed by atoms with Crippen molar-refractivity contribution < 1.29 is 23.8 Å². The molecule has 0 saturated carbocycles. The summed E-state index contributed by atoms with van der Waals surface area (Å²) in [5.41, 5.74) is 5.51. The standard InChI is InChI=1S/C15H21NO5/c1-5-20-13(17)11-8-10(16)6-7-12(11)21-9-15(2,3)14(18)19-4/h6-8H,5,9,16H2,1-4H3. The highest BCUT2D eigenvalue weighted by Gasteiger charge is 2.30.